The Morgan fingerprint density at radius 3 is 2.63 bits per heavy atom. The predicted octanol–water partition coefficient (Wildman–Crippen LogP) is 4.00. The molecule has 1 aliphatic rings. The molecule has 0 spiro atoms. The maximum absolute atomic E-state index is 13.9. The minimum absolute atomic E-state index is 0.161. The van der Waals surface area contributed by atoms with Gasteiger partial charge in [0.15, 0.2) is 6.23 Å². The van der Waals surface area contributed by atoms with Crippen LogP contribution in [0.15, 0.2) is 67.3 Å². The van der Waals surface area contributed by atoms with E-state index in [1.807, 2.05) is 40.7 Å². The van der Waals surface area contributed by atoms with Gasteiger partial charge in [-0.1, -0.05) is 18.1 Å². The van der Waals surface area contributed by atoms with E-state index in [1.165, 1.54) is 12.3 Å². The summed E-state index contributed by atoms with van der Waals surface area (Å²) < 4.78 is 43.6. The monoisotopic (exact) mass is 520 g/mol. The van der Waals surface area contributed by atoms with E-state index in [-0.39, 0.29) is 17.8 Å². The van der Waals surface area contributed by atoms with Gasteiger partial charge in [0.1, 0.15) is 11.3 Å². The molecule has 0 radical (unpaired) electrons. The molecule has 0 bridgehead atoms. The molecule has 1 fully saturated rings. The first-order chi connectivity index (χ1) is 18.3. The molecule has 5 rings (SSSR count). The highest BCUT2D eigenvalue weighted by atomic mass is 19.4. The van der Waals surface area contributed by atoms with Crippen LogP contribution in [-0.2, 0) is 12.7 Å². The maximum atomic E-state index is 13.9. The molecule has 196 valence electrons. The number of hydrogen-bond acceptors (Lipinski definition) is 6. The molecule has 3 aromatic heterocycles. The number of alkyl halides is 3. The molecule has 2 N–H and O–H groups in total. The number of likely N-dealkylation sites (N-methyl/N-ethyl adjacent to an activating group) is 1. The smallest absolute Gasteiger partial charge is 0.369 e. The number of fused-ring (bicyclic) bond motifs is 1. The van der Waals surface area contributed by atoms with Crippen molar-refractivity contribution in [3.05, 3.63) is 95.2 Å². The molecule has 4 aromatic rings. The number of pyridine rings is 2. The van der Waals surface area contributed by atoms with Gasteiger partial charge in [0, 0.05) is 68.1 Å². The third-order valence-corrected chi connectivity index (χ3v) is 6.54. The number of nitrogens with zero attached hydrogens (tertiary/aromatic N) is 5. The topological polar surface area (TPSA) is 68.9 Å². The summed E-state index contributed by atoms with van der Waals surface area (Å²) in [4.78, 5) is 12.6. The quantitative estimate of drug-likeness (QED) is 0.306. The van der Waals surface area contributed by atoms with Crippen LogP contribution in [0.25, 0.3) is 5.65 Å². The van der Waals surface area contributed by atoms with Crippen LogP contribution in [0.3, 0.4) is 0 Å². The van der Waals surface area contributed by atoms with E-state index in [9.17, 15) is 18.3 Å². The number of aromatic nitrogens is 3. The highest BCUT2D eigenvalue weighted by Gasteiger charge is 2.34. The summed E-state index contributed by atoms with van der Waals surface area (Å²) in [5, 5.41) is 13.5. The highest BCUT2D eigenvalue weighted by molar-refractivity contribution is 5.52. The zero-order valence-electron chi connectivity index (χ0n) is 20.8. The number of piperazine rings is 1. The van der Waals surface area contributed by atoms with Crippen molar-refractivity contribution < 1.29 is 18.3 Å². The number of rotatable bonds is 5. The van der Waals surface area contributed by atoms with Crippen LogP contribution in [0.2, 0.25) is 0 Å². The van der Waals surface area contributed by atoms with Crippen molar-refractivity contribution in [1.82, 2.24) is 24.2 Å². The lowest BCUT2D eigenvalue weighted by Crippen LogP contribution is -2.44. The van der Waals surface area contributed by atoms with Gasteiger partial charge in [-0.05, 0) is 48.9 Å². The lowest BCUT2D eigenvalue weighted by molar-refractivity contribution is -0.138. The lowest BCUT2D eigenvalue weighted by atomic mass is 10.0. The Bertz CT molecular complexity index is 1480. The Labute approximate surface area is 218 Å². The second kappa shape index (κ2) is 10.8. The fourth-order valence-electron chi connectivity index (χ4n) is 4.39. The molecule has 1 atom stereocenters. The number of nitrogens with one attached hydrogen (secondary N) is 1. The number of anilines is 1. The van der Waals surface area contributed by atoms with E-state index in [2.05, 4.69) is 32.0 Å². The van der Waals surface area contributed by atoms with Crippen molar-refractivity contribution in [1.29, 1.82) is 0 Å². The number of aliphatic hydroxyl groups excluding tert-OH is 1. The summed E-state index contributed by atoms with van der Waals surface area (Å²) in [5.74, 6) is 6.05. The third-order valence-electron chi connectivity index (χ3n) is 6.54. The van der Waals surface area contributed by atoms with Crippen molar-refractivity contribution in [3.8, 4) is 11.8 Å². The minimum atomic E-state index is -4.51. The third kappa shape index (κ3) is 5.97. The normalized spacial score (nSPS) is 15.7. The van der Waals surface area contributed by atoms with E-state index in [1.54, 1.807) is 24.5 Å². The largest absolute Gasteiger partial charge is 0.416 e. The van der Waals surface area contributed by atoms with Crippen molar-refractivity contribution in [2.24, 2.45) is 0 Å². The van der Waals surface area contributed by atoms with E-state index in [4.69, 9.17) is 0 Å². The van der Waals surface area contributed by atoms with E-state index in [0.717, 1.165) is 37.9 Å². The summed E-state index contributed by atoms with van der Waals surface area (Å²) in [6.45, 7) is 3.31. The molecule has 0 amide bonds. The molecule has 38 heavy (non-hydrogen) atoms. The minimum Gasteiger partial charge on any atom is -0.369 e. The fraction of sp³-hybridized carbons (Fsp3) is 0.286. The van der Waals surface area contributed by atoms with Gasteiger partial charge < -0.3 is 15.3 Å². The van der Waals surface area contributed by atoms with Crippen molar-refractivity contribution in [2.75, 3.05) is 38.5 Å². The maximum Gasteiger partial charge on any atom is 0.416 e. The second-order valence-corrected chi connectivity index (χ2v) is 9.33. The molecule has 0 saturated carbocycles. The van der Waals surface area contributed by atoms with E-state index < -0.39 is 18.0 Å². The Balaban J connectivity index is 1.32. The first-order valence-corrected chi connectivity index (χ1v) is 12.2. The van der Waals surface area contributed by atoms with Gasteiger partial charge in [0.2, 0.25) is 0 Å². The lowest BCUT2D eigenvalue weighted by Gasteiger charge is -2.33. The predicted molar refractivity (Wildman–Crippen MR) is 138 cm³/mol. The molecule has 1 saturated heterocycles. The van der Waals surface area contributed by atoms with Crippen LogP contribution in [0, 0.1) is 11.8 Å². The SMILES string of the molecule is CN1CCN(Cc2ccc(NC(O)c3cncc(C#Cc4cnc5ccccn45)c3)cc2C(F)(F)F)CC1. The van der Waals surface area contributed by atoms with Crippen LogP contribution < -0.4 is 5.32 Å². The zero-order valence-corrected chi connectivity index (χ0v) is 20.8. The van der Waals surface area contributed by atoms with Gasteiger partial charge in [0.25, 0.3) is 0 Å². The van der Waals surface area contributed by atoms with Crippen LogP contribution in [0.5, 0.6) is 0 Å². The number of benzene rings is 1. The average Bonchev–Trinajstić information content (AvgIpc) is 3.32. The van der Waals surface area contributed by atoms with Crippen molar-refractivity contribution in [2.45, 2.75) is 18.9 Å². The second-order valence-electron chi connectivity index (χ2n) is 9.33. The van der Waals surface area contributed by atoms with Crippen LogP contribution >= 0.6 is 0 Å². The first-order valence-electron chi connectivity index (χ1n) is 12.2. The molecule has 7 nitrogen and oxygen atoms in total. The highest BCUT2D eigenvalue weighted by Crippen LogP contribution is 2.35. The van der Waals surface area contributed by atoms with Gasteiger partial charge >= 0.3 is 6.18 Å². The molecule has 4 heterocycles. The first kappa shape index (κ1) is 25.7. The Hall–Kier alpha value is -3.91. The molecule has 1 aromatic carbocycles. The molecular formula is C28H27F3N6O. The summed E-state index contributed by atoms with van der Waals surface area (Å²) in [7, 11) is 2.00. The Kier molecular flexibility index (Phi) is 7.33. The van der Waals surface area contributed by atoms with E-state index in [0.29, 0.717) is 16.8 Å². The van der Waals surface area contributed by atoms with Gasteiger partial charge in [-0.15, -0.1) is 0 Å². The van der Waals surface area contributed by atoms with Crippen molar-refractivity contribution in [3.63, 3.8) is 0 Å². The standard InChI is InChI=1S/C28H27F3N6O/c1-35-10-12-36(13-11-35)19-21-6-7-23(15-25(21)28(29,30)31)34-27(38)22-14-20(16-32-17-22)5-8-24-18-33-26-4-2-3-9-37(24)26/h2-4,6-7,9,14-18,27,34,38H,10-13,19H2,1H3. The average molecular weight is 521 g/mol. The zero-order chi connectivity index (χ0) is 26.7. The van der Waals surface area contributed by atoms with Crippen LogP contribution in [-0.4, -0.2) is 62.5 Å². The Morgan fingerprint density at radius 2 is 1.84 bits per heavy atom. The summed E-state index contributed by atoms with van der Waals surface area (Å²) in [6, 6.07) is 11.4. The number of hydrogen-bond donors (Lipinski definition) is 2. The van der Waals surface area contributed by atoms with E-state index >= 15 is 0 Å². The number of halogens is 3. The van der Waals surface area contributed by atoms with Gasteiger partial charge in [-0.3, -0.25) is 14.3 Å². The fourth-order valence-corrected chi connectivity index (χ4v) is 4.39. The molecule has 0 aliphatic carbocycles. The molecular weight excluding hydrogens is 493 g/mol. The molecule has 10 heteroatoms. The van der Waals surface area contributed by atoms with Crippen LogP contribution in [0.1, 0.15) is 34.2 Å². The molecule has 1 aliphatic heterocycles. The van der Waals surface area contributed by atoms with Gasteiger partial charge in [0.05, 0.1) is 11.8 Å². The van der Waals surface area contributed by atoms with Gasteiger partial charge in [-0.25, -0.2) is 4.98 Å². The number of imidazole rings is 1. The van der Waals surface area contributed by atoms with Crippen molar-refractivity contribution >= 4 is 11.3 Å². The number of aliphatic hydroxyl groups is 1. The Morgan fingerprint density at radius 1 is 1.03 bits per heavy atom. The summed E-state index contributed by atoms with van der Waals surface area (Å²) in [5.41, 5.74) is 2.07. The molecule has 1 unspecified atom stereocenters. The van der Waals surface area contributed by atoms with Gasteiger partial charge in [-0.2, -0.15) is 13.2 Å². The summed E-state index contributed by atoms with van der Waals surface area (Å²) >= 11 is 0. The van der Waals surface area contributed by atoms with Crippen LogP contribution in [0.4, 0.5) is 18.9 Å². The summed E-state index contributed by atoms with van der Waals surface area (Å²) in [6.07, 6.45) is 0.747.